The van der Waals surface area contributed by atoms with Gasteiger partial charge in [-0.25, -0.2) is 0 Å². The van der Waals surface area contributed by atoms with Gasteiger partial charge in [0.25, 0.3) is 5.56 Å². The van der Waals surface area contributed by atoms with Crippen molar-refractivity contribution in [3.05, 3.63) is 79.2 Å². The Bertz CT molecular complexity index is 1340. The Kier molecular flexibility index (Phi) is 8.11. The smallest absolute Gasteiger partial charge is 0.271 e. The van der Waals surface area contributed by atoms with Crippen LogP contribution in [0.1, 0.15) is 61.4 Å². The average molecular weight is 493 g/mol. The minimum Gasteiger partial charge on any atom is -0.334 e. The van der Waals surface area contributed by atoms with Gasteiger partial charge >= 0.3 is 0 Å². The molecule has 0 unspecified atom stereocenters. The lowest BCUT2D eigenvalue weighted by atomic mass is 10.1. The number of anilines is 1. The number of nitrogens with zero attached hydrogens (tertiary/aromatic N) is 2. The minimum atomic E-state index is -0.0871. The molecule has 4 rings (SSSR count). The van der Waals surface area contributed by atoms with E-state index < -0.39 is 0 Å². The van der Waals surface area contributed by atoms with E-state index in [0.29, 0.717) is 14.8 Å². The summed E-state index contributed by atoms with van der Waals surface area (Å²) in [6.45, 7) is 5.24. The van der Waals surface area contributed by atoms with Crippen molar-refractivity contribution in [1.29, 1.82) is 0 Å². The van der Waals surface area contributed by atoms with E-state index in [1.165, 1.54) is 59.6 Å². The molecule has 0 radical (unpaired) electrons. The lowest BCUT2D eigenvalue weighted by Crippen LogP contribution is -2.33. The van der Waals surface area contributed by atoms with E-state index in [-0.39, 0.29) is 11.3 Å². The first-order valence-electron chi connectivity index (χ1n) is 12.1. The highest BCUT2D eigenvalue weighted by atomic mass is 32.2. The molecule has 2 heterocycles. The van der Waals surface area contributed by atoms with Gasteiger partial charge < -0.3 is 9.47 Å². The highest BCUT2D eigenvalue weighted by Gasteiger charge is 2.27. The summed E-state index contributed by atoms with van der Waals surface area (Å²) in [4.78, 5) is 29.5. The molecule has 6 heteroatoms. The Hall–Kier alpha value is -2.57. The van der Waals surface area contributed by atoms with E-state index in [4.69, 9.17) is 0 Å². The summed E-state index contributed by atoms with van der Waals surface area (Å²) < 4.78 is 2.99. The maximum absolute atomic E-state index is 13.3. The third-order valence-electron chi connectivity index (χ3n) is 6.14. The number of carbonyl (C=O) groups is 1. The summed E-state index contributed by atoms with van der Waals surface area (Å²) >= 11 is 3.08. The zero-order valence-electron chi connectivity index (χ0n) is 20.2. The van der Waals surface area contributed by atoms with Gasteiger partial charge in [-0.2, -0.15) is 0 Å². The van der Waals surface area contributed by atoms with Gasteiger partial charge in [-0.15, -0.1) is 11.3 Å². The molecule has 34 heavy (non-hydrogen) atoms. The van der Waals surface area contributed by atoms with Crippen molar-refractivity contribution in [2.24, 2.45) is 7.05 Å². The fraction of sp³-hybridized carbons (Fsp3) is 0.357. The molecule has 0 spiro atoms. The Morgan fingerprint density at radius 2 is 1.74 bits per heavy atom. The van der Waals surface area contributed by atoms with Crippen LogP contribution in [0.2, 0.25) is 0 Å². The Morgan fingerprint density at radius 1 is 1.00 bits per heavy atom. The van der Waals surface area contributed by atoms with Gasteiger partial charge in [0.05, 0.1) is 5.69 Å². The number of aryl methyl sites for hydroxylation is 1. The number of carbonyl (C=O) groups excluding carboxylic acids is 1. The van der Waals surface area contributed by atoms with Crippen molar-refractivity contribution in [2.75, 3.05) is 11.4 Å². The van der Waals surface area contributed by atoms with Crippen molar-refractivity contribution in [3.8, 4) is 0 Å². The van der Waals surface area contributed by atoms with Crippen molar-refractivity contribution >= 4 is 45.7 Å². The molecule has 178 valence electrons. The molecule has 0 fully saturated rings. The van der Waals surface area contributed by atoms with Crippen molar-refractivity contribution in [3.63, 3.8) is 0 Å². The summed E-state index contributed by atoms with van der Waals surface area (Å²) in [5.74, 6) is -0.0871. The second-order valence-electron chi connectivity index (χ2n) is 8.81. The molecule has 0 aliphatic carbocycles. The molecule has 0 saturated carbocycles. The number of thioether (sulfide) groups is 1. The normalized spacial score (nSPS) is 15.1. The molecule has 0 amide bonds. The number of fused-ring (bicyclic) bond motifs is 1. The summed E-state index contributed by atoms with van der Waals surface area (Å²) in [5.41, 5.74) is 2.99. The first kappa shape index (κ1) is 24.6. The van der Waals surface area contributed by atoms with Crippen LogP contribution in [0.4, 0.5) is 5.69 Å². The van der Waals surface area contributed by atoms with Crippen LogP contribution >= 0.6 is 23.1 Å². The number of rotatable bonds is 9. The molecule has 0 bridgehead atoms. The summed E-state index contributed by atoms with van der Waals surface area (Å²) in [5, 5.41) is 0.992. The summed E-state index contributed by atoms with van der Waals surface area (Å²) in [6, 6.07) is 15.7. The van der Waals surface area contributed by atoms with E-state index in [1.807, 2.05) is 18.2 Å². The maximum Gasteiger partial charge on any atom is 0.271 e. The summed E-state index contributed by atoms with van der Waals surface area (Å²) in [7, 11) is 1.75. The Morgan fingerprint density at radius 3 is 2.50 bits per heavy atom. The van der Waals surface area contributed by atoms with Gasteiger partial charge in [-0.3, -0.25) is 9.59 Å². The van der Waals surface area contributed by atoms with E-state index >= 15 is 0 Å². The largest absolute Gasteiger partial charge is 0.334 e. The predicted octanol–water partition coefficient (Wildman–Crippen LogP) is 5.46. The van der Waals surface area contributed by atoms with E-state index in [2.05, 4.69) is 36.9 Å². The second-order valence-corrected chi connectivity index (χ2v) is 10.9. The fourth-order valence-corrected chi connectivity index (χ4v) is 6.53. The molecular formula is C28H32N2O2S2. The standard InChI is InChI=1S/C28H32N2O2S2/c1-4-5-6-7-8-12-17-30-22-18-20(2)15-16-24(22)33-28(30)26-27(32)29(3)25(34-26)19-23(31)21-13-10-9-11-14-21/h9-11,13-16,18-19H,4-8,12,17H2,1-3H3/b25-19+,28-26-. The van der Waals surface area contributed by atoms with Gasteiger partial charge in [0.15, 0.2) is 5.78 Å². The molecule has 4 nitrogen and oxygen atoms in total. The number of Topliss-reactive ketones (excluding diaryl/α,β-unsaturated/α-hetero) is 1. The van der Waals surface area contributed by atoms with Crippen molar-refractivity contribution in [1.82, 2.24) is 4.57 Å². The van der Waals surface area contributed by atoms with Crippen LogP contribution in [0.25, 0.3) is 11.1 Å². The highest BCUT2D eigenvalue weighted by molar-refractivity contribution is 8.08. The number of thiazole rings is 1. The quantitative estimate of drug-likeness (QED) is 0.294. The minimum absolute atomic E-state index is 0.0444. The molecule has 0 atom stereocenters. The van der Waals surface area contributed by atoms with Crippen LogP contribution in [0.15, 0.2) is 58.2 Å². The van der Waals surface area contributed by atoms with Gasteiger partial charge in [0, 0.05) is 30.1 Å². The Labute approximate surface area is 209 Å². The SMILES string of the molecule is CCCCCCCCN1/C(=c2/s/c(=C/C(=O)c3ccccc3)n(C)c2=O)Sc2ccc(C)cc21. The zero-order chi connectivity index (χ0) is 24.1. The van der Waals surface area contributed by atoms with Crippen LogP contribution in [-0.4, -0.2) is 16.9 Å². The monoisotopic (exact) mass is 492 g/mol. The average Bonchev–Trinajstić information content (AvgIpc) is 3.33. The molecule has 3 aromatic rings. The topological polar surface area (TPSA) is 42.3 Å². The third-order valence-corrected chi connectivity index (χ3v) is 8.62. The van der Waals surface area contributed by atoms with Crippen molar-refractivity contribution < 1.29 is 4.79 Å². The van der Waals surface area contributed by atoms with Crippen molar-refractivity contribution in [2.45, 2.75) is 57.3 Å². The number of hydrogen-bond acceptors (Lipinski definition) is 5. The van der Waals surface area contributed by atoms with Crippen LogP contribution in [0.3, 0.4) is 0 Å². The van der Waals surface area contributed by atoms with Crippen LogP contribution in [0.5, 0.6) is 0 Å². The molecule has 0 N–H and O–H groups in total. The lowest BCUT2D eigenvalue weighted by molar-refractivity contribution is 0.106. The van der Waals surface area contributed by atoms with Crippen LogP contribution in [-0.2, 0) is 7.05 Å². The molecular weight excluding hydrogens is 460 g/mol. The first-order chi connectivity index (χ1) is 16.5. The highest BCUT2D eigenvalue weighted by Crippen LogP contribution is 2.46. The van der Waals surface area contributed by atoms with E-state index in [1.54, 1.807) is 41.6 Å². The predicted molar refractivity (Wildman–Crippen MR) is 145 cm³/mol. The molecule has 2 aromatic carbocycles. The number of unbranched alkanes of at least 4 members (excludes halogenated alkanes) is 5. The first-order valence-corrected chi connectivity index (χ1v) is 13.7. The Balaban J connectivity index is 1.70. The van der Waals surface area contributed by atoms with Crippen LogP contribution in [0, 0.1) is 6.92 Å². The molecule has 0 saturated heterocycles. The third kappa shape index (κ3) is 5.39. The zero-order valence-corrected chi connectivity index (χ0v) is 21.8. The van der Waals surface area contributed by atoms with Gasteiger partial charge in [0.2, 0.25) is 0 Å². The molecule has 1 aliphatic heterocycles. The van der Waals surface area contributed by atoms with E-state index in [9.17, 15) is 9.59 Å². The number of hydrogen-bond donors (Lipinski definition) is 0. The van der Waals surface area contributed by atoms with Gasteiger partial charge in [0.1, 0.15) is 14.2 Å². The van der Waals surface area contributed by atoms with Crippen LogP contribution < -0.4 is 19.7 Å². The maximum atomic E-state index is 13.3. The van der Waals surface area contributed by atoms with Gasteiger partial charge in [-0.1, -0.05) is 87.2 Å². The second kappa shape index (κ2) is 11.2. The number of aromatic nitrogens is 1. The summed E-state index contributed by atoms with van der Waals surface area (Å²) in [6.07, 6.45) is 8.97. The fourth-order valence-electron chi connectivity index (χ4n) is 4.16. The number of ketones is 1. The van der Waals surface area contributed by atoms with Gasteiger partial charge in [-0.05, 0) is 31.0 Å². The number of benzene rings is 2. The molecule has 1 aromatic heterocycles. The van der Waals surface area contributed by atoms with E-state index in [0.717, 1.165) is 18.0 Å². The lowest BCUT2D eigenvalue weighted by Gasteiger charge is -2.20. The molecule has 1 aliphatic rings.